The van der Waals surface area contributed by atoms with Gasteiger partial charge in [-0.3, -0.25) is 18.8 Å². The second-order valence-corrected chi connectivity index (χ2v) is 10.7. The maximum Gasteiger partial charge on any atom is 0.474 e. The van der Waals surface area contributed by atoms with E-state index < -0.39 is 13.4 Å². The number of carbonyl (C=O) groups is 1. The second-order valence-electron chi connectivity index (χ2n) is 9.28. The summed E-state index contributed by atoms with van der Waals surface area (Å²) >= 11 is 0. The molecule has 4 heterocycles. The van der Waals surface area contributed by atoms with Gasteiger partial charge in [0.05, 0.1) is 24.6 Å². The fourth-order valence-electron chi connectivity index (χ4n) is 3.71. The van der Waals surface area contributed by atoms with Crippen molar-refractivity contribution in [2.75, 3.05) is 12.4 Å². The molecule has 1 unspecified atom stereocenters. The van der Waals surface area contributed by atoms with Crippen LogP contribution in [0.3, 0.4) is 0 Å². The molecule has 2 N–H and O–H groups in total. The Hall–Kier alpha value is -3.89. The minimum Gasteiger partial charge on any atom is -0.481 e. The van der Waals surface area contributed by atoms with Gasteiger partial charge in [-0.25, -0.2) is 14.5 Å². The Bertz CT molecular complexity index is 1540. The molecule has 0 radical (unpaired) electrons. The molecule has 4 aromatic rings. The molecule has 12 heteroatoms. The van der Waals surface area contributed by atoms with Crippen LogP contribution < -0.4 is 10.1 Å². The molecule has 198 valence electrons. The number of phosphoric acid groups is 1. The quantitative estimate of drug-likeness (QED) is 0.218. The normalized spacial score (nSPS) is 13.2. The van der Waals surface area contributed by atoms with Gasteiger partial charge in [-0.1, -0.05) is 6.58 Å². The lowest BCUT2D eigenvalue weighted by Gasteiger charge is -2.22. The third-order valence-corrected chi connectivity index (χ3v) is 6.46. The number of ether oxygens (including phenoxy) is 1. The molecule has 0 bridgehead atoms. The Labute approximate surface area is 219 Å². The molecule has 0 saturated carbocycles. The van der Waals surface area contributed by atoms with Crippen molar-refractivity contribution in [1.82, 2.24) is 19.5 Å². The zero-order valence-electron chi connectivity index (χ0n) is 21.4. The van der Waals surface area contributed by atoms with E-state index in [1.807, 2.05) is 12.1 Å². The first kappa shape index (κ1) is 27.2. The average Bonchev–Trinajstić information content (AvgIpc) is 3.24. The molecule has 0 aliphatic heterocycles. The molecular weight excluding hydrogens is 509 g/mol. The van der Waals surface area contributed by atoms with E-state index in [4.69, 9.17) is 13.8 Å². The smallest absolute Gasteiger partial charge is 0.474 e. The van der Waals surface area contributed by atoms with Gasteiger partial charge in [0.2, 0.25) is 11.8 Å². The van der Waals surface area contributed by atoms with Crippen molar-refractivity contribution >= 4 is 30.5 Å². The van der Waals surface area contributed by atoms with Crippen LogP contribution in [-0.2, 0) is 25.1 Å². The lowest BCUT2D eigenvalue weighted by atomic mass is 10.0. The number of anilines is 1. The van der Waals surface area contributed by atoms with E-state index in [0.29, 0.717) is 17.2 Å². The summed E-state index contributed by atoms with van der Waals surface area (Å²) in [5.74, 6) is 0.0807. The molecule has 4 rings (SSSR count). The van der Waals surface area contributed by atoms with Crippen LogP contribution >= 0.6 is 7.82 Å². The number of nitrogens with zero attached hydrogens (tertiary/aromatic N) is 4. The molecular formula is C26H28N5O6P. The van der Waals surface area contributed by atoms with Crippen LogP contribution in [0.25, 0.3) is 33.3 Å². The molecule has 1 atom stereocenters. The first-order valence-electron chi connectivity index (χ1n) is 11.5. The van der Waals surface area contributed by atoms with E-state index >= 15 is 0 Å². The van der Waals surface area contributed by atoms with Gasteiger partial charge in [0.1, 0.15) is 12.4 Å². The Morgan fingerprint density at radius 3 is 2.63 bits per heavy atom. The predicted octanol–water partition coefficient (Wildman–Crippen LogP) is 5.18. The lowest BCUT2D eigenvalue weighted by molar-refractivity contribution is -0.111. The lowest BCUT2D eigenvalue weighted by Crippen LogP contribution is -2.18. The van der Waals surface area contributed by atoms with Gasteiger partial charge in [-0.05, 0) is 50.6 Å². The highest BCUT2D eigenvalue weighted by Crippen LogP contribution is 2.47. The molecule has 0 fully saturated rings. The van der Waals surface area contributed by atoms with Gasteiger partial charge in [0.25, 0.3) is 0 Å². The Morgan fingerprint density at radius 1 is 1.16 bits per heavy atom. The van der Waals surface area contributed by atoms with E-state index in [0.717, 1.165) is 27.6 Å². The summed E-state index contributed by atoms with van der Waals surface area (Å²) in [5, 5.41) is 3.44. The van der Waals surface area contributed by atoms with Crippen LogP contribution in [0.5, 0.6) is 5.88 Å². The number of pyridine rings is 3. The number of fused-ring (bicyclic) bond motifs is 1. The molecule has 38 heavy (non-hydrogen) atoms. The van der Waals surface area contributed by atoms with Crippen molar-refractivity contribution in [2.24, 2.45) is 0 Å². The van der Waals surface area contributed by atoms with Gasteiger partial charge in [-0.2, -0.15) is 0 Å². The van der Waals surface area contributed by atoms with E-state index in [9.17, 15) is 14.3 Å². The number of amides is 1. The van der Waals surface area contributed by atoms with Crippen LogP contribution in [0, 0.1) is 0 Å². The van der Waals surface area contributed by atoms with Gasteiger partial charge < -0.3 is 19.5 Å². The average molecular weight is 538 g/mol. The van der Waals surface area contributed by atoms with Crippen LogP contribution in [0.2, 0.25) is 0 Å². The van der Waals surface area contributed by atoms with Crippen molar-refractivity contribution in [2.45, 2.75) is 33.1 Å². The highest BCUT2D eigenvalue weighted by molar-refractivity contribution is 7.47. The standard InChI is InChI=1S/C26H28N5O6P/c1-6-23(32)30-20-9-18(12-27-14-20)19-10-21-22(17-7-8-28-24(11-17)35-5)15-31(25(21)29-13-19)16-36-38(33,34)37-26(2,3)4/h6-15H,1,16H2,2-5H3,(H,30,32)(H,33,34). The predicted molar refractivity (Wildman–Crippen MR) is 143 cm³/mol. The fraction of sp³-hybridized carbons (Fsp3) is 0.231. The summed E-state index contributed by atoms with van der Waals surface area (Å²) < 4.78 is 29.9. The SMILES string of the molecule is C=CC(=O)Nc1cncc(-c2cnc3c(c2)c(-c2ccnc(OC)c2)cn3COP(=O)(O)OC(C)(C)C)c1. The van der Waals surface area contributed by atoms with Crippen molar-refractivity contribution in [3.05, 3.63) is 67.9 Å². The fourth-order valence-corrected chi connectivity index (χ4v) is 4.73. The van der Waals surface area contributed by atoms with Gasteiger partial charge in [0.15, 0.2) is 0 Å². The molecule has 0 aromatic carbocycles. The van der Waals surface area contributed by atoms with E-state index in [-0.39, 0.29) is 12.6 Å². The van der Waals surface area contributed by atoms with E-state index in [1.165, 1.54) is 19.4 Å². The highest BCUT2D eigenvalue weighted by atomic mass is 31.2. The summed E-state index contributed by atoms with van der Waals surface area (Å²) in [6.07, 6.45) is 9.42. The van der Waals surface area contributed by atoms with Gasteiger partial charge >= 0.3 is 7.82 Å². The van der Waals surface area contributed by atoms with Crippen molar-refractivity contribution in [3.8, 4) is 28.1 Å². The maximum atomic E-state index is 12.5. The first-order chi connectivity index (χ1) is 18.0. The summed E-state index contributed by atoms with van der Waals surface area (Å²) in [5.41, 5.74) is 3.18. The molecule has 0 spiro atoms. The molecule has 0 aliphatic carbocycles. The zero-order chi connectivity index (χ0) is 27.5. The molecule has 4 aromatic heterocycles. The van der Waals surface area contributed by atoms with Crippen LogP contribution in [0.1, 0.15) is 20.8 Å². The molecule has 11 nitrogen and oxygen atoms in total. The Morgan fingerprint density at radius 2 is 1.92 bits per heavy atom. The van der Waals surface area contributed by atoms with Gasteiger partial charge in [0, 0.05) is 52.9 Å². The first-order valence-corrected chi connectivity index (χ1v) is 13.0. The van der Waals surface area contributed by atoms with E-state index in [2.05, 4.69) is 26.8 Å². The minimum absolute atomic E-state index is 0.278. The monoisotopic (exact) mass is 537 g/mol. The van der Waals surface area contributed by atoms with Crippen molar-refractivity contribution < 1.29 is 28.0 Å². The number of hydrogen-bond acceptors (Lipinski definition) is 8. The number of carbonyl (C=O) groups excluding carboxylic acids is 1. The second kappa shape index (κ2) is 10.8. The van der Waals surface area contributed by atoms with Crippen LogP contribution in [0.15, 0.2) is 67.9 Å². The topological polar surface area (TPSA) is 138 Å². The number of aromatic nitrogens is 4. The number of phosphoric ester groups is 1. The number of rotatable bonds is 9. The summed E-state index contributed by atoms with van der Waals surface area (Å²) in [4.78, 5) is 34.9. The summed E-state index contributed by atoms with van der Waals surface area (Å²) in [6, 6.07) is 7.29. The molecule has 0 aliphatic rings. The number of methoxy groups -OCH3 is 1. The number of nitrogens with one attached hydrogen (secondary N) is 1. The maximum absolute atomic E-state index is 12.5. The van der Waals surface area contributed by atoms with Gasteiger partial charge in [-0.15, -0.1) is 0 Å². The van der Waals surface area contributed by atoms with E-state index in [1.54, 1.807) is 62.3 Å². The van der Waals surface area contributed by atoms with Crippen LogP contribution in [-0.4, -0.2) is 43.0 Å². The molecule has 1 amide bonds. The zero-order valence-corrected chi connectivity index (χ0v) is 22.3. The Balaban J connectivity index is 1.78. The van der Waals surface area contributed by atoms with Crippen molar-refractivity contribution in [1.29, 1.82) is 0 Å². The largest absolute Gasteiger partial charge is 0.481 e. The Kier molecular flexibility index (Phi) is 7.75. The highest BCUT2D eigenvalue weighted by Gasteiger charge is 2.29. The minimum atomic E-state index is -4.34. The van der Waals surface area contributed by atoms with Crippen LogP contribution in [0.4, 0.5) is 5.69 Å². The summed E-state index contributed by atoms with van der Waals surface area (Å²) in [6.45, 7) is 8.17. The third kappa shape index (κ3) is 6.51. The van der Waals surface area contributed by atoms with Crippen molar-refractivity contribution in [3.63, 3.8) is 0 Å². The number of hydrogen-bond donors (Lipinski definition) is 2. The third-order valence-electron chi connectivity index (χ3n) is 5.24. The molecule has 0 saturated heterocycles. The summed E-state index contributed by atoms with van der Waals surface area (Å²) in [7, 11) is -2.81.